The molecule has 0 atom stereocenters. The molecule has 0 fully saturated rings. The predicted molar refractivity (Wildman–Crippen MR) is 81.2 cm³/mol. The van der Waals surface area contributed by atoms with E-state index in [1.54, 1.807) is 0 Å². The Morgan fingerprint density at radius 2 is 1.80 bits per heavy atom. The summed E-state index contributed by atoms with van der Waals surface area (Å²) in [5.41, 5.74) is 7.97. The molecule has 2 N–H and O–H groups in total. The highest BCUT2D eigenvalue weighted by Gasteiger charge is 2.07. The van der Waals surface area contributed by atoms with Gasteiger partial charge in [0.2, 0.25) is 5.89 Å². The first kappa shape index (κ1) is 14.4. The molecule has 0 aliphatic rings. The van der Waals surface area contributed by atoms with E-state index < -0.39 is 0 Å². The van der Waals surface area contributed by atoms with Crippen LogP contribution in [0.1, 0.15) is 0 Å². The second-order valence-electron chi connectivity index (χ2n) is 4.15. The van der Waals surface area contributed by atoms with E-state index in [9.17, 15) is 0 Å². The van der Waals surface area contributed by atoms with Gasteiger partial charge in [-0.2, -0.15) is 0 Å². The quantitative estimate of drug-likeness (QED) is 0.801. The van der Waals surface area contributed by atoms with Crippen LogP contribution in [0, 0.1) is 0 Å². The van der Waals surface area contributed by atoms with Gasteiger partial charge in [-0.05, 0) is 36.4 Å². The number of para-hydroxylation sites is 2. The molecule has 0 saturated carbocycles. The zero-order chi connectivity index (χ0) is 13.1. The molecule has 0 radical (unpaired) electrons. The first-order valence-corrected chi connectivity index (χ1v) is 6.16. The molecule has 0 spiro atoms. The smallest absolute Gasteiger partial charge is 0.227 e. The van der Waals surface area contributed by atoms with Crippen LogP contribution in [0.15, 0.2) is 52.9 Å². The van der Waals surface area contributed by atoms with Crippen molar-refractivity contribution in [2.45, 2.75) is 0 Å². The van der Waals surface area contributed by atoms with E-state index in [0.29, 0.717) is 19.0 Å². The molecule has 1 aromatic heterocycles. The van der Waals surface area contributed by atoms with Crippen LogP contribution in [0.2, 0.25) is 0 Å². The molecule has 2 aromatic carbocycles. The van der Waals surface area contributed by atoms with Gasteiger partial charge in [-0.3, -0.25) is 0 Å². The maximum Gasteiger partial charge on any atom is 0.227 e. The highest BCUT2D eigenvalue weighted by atomic mass is 35.5. The minimum Gasteiger partial charge on any atom is -0.492 e. The van der Waals surface area contributed by atoms with E-state index in [-0.39, 0.29) is 12.4 Å². The van der Waals surface area contributed by atoms with Crippen LogP contribution in [-0.2, 0) is 0 Å². The van der Waals surface area contributed by atoms with Gasteiger partial charge in [-0.15, -0.1) is 12.4 Å². The van der Waals surface area contributed by atoms with Crippen molar-refractivity contribution in [1.29, 1.82) is 0 Å². The molecule has 0 saturated heterocycles. The number of hydrogen-bond donors (Lipinski definition) is 1. The summed E-state index contributed by atoms with van der Waals surface area (Å²) in [6.07, 6.45) is 0. The lowest BCUT2D eigenvalue weighted by Crippen LogP contribution is -2.10. The number of nitrogens with two attached hydrogens (primary N) is 1. The topological polar surface area (TPSA) is 61.3 Å². The van der Waals surface area contributed by atoms with Crippen molar-refractivity contribution in [1.82, 2.24) is 4.98 Å². The van der Waals surface area contributed by atoms with E-state index in [1.807, 2.05) is 48.5 Å². The van der Waals surface area contributed by atoms with E-state index in [4.69, 9.17) is 14.9 Å². The molecule has 4 nitrogen and oxygen atoms in total. The van der Waals surface area contributed by atoms with Gasteiger partial charge in [-0.25, -0.2) is 4.98 Å². The number of aromatic nitrogens is 1. The molecule has 3 rings (SSSR count). The Morgan fingerprint density at radius 3 is 2.50 bits per heavy atom. The third kappa shape index (κ3) is 2.92. The first-order valence-electron chi connectivity index (χ1n) is 6.16. The first-order chi connectivity index (χ1) is 9.36. The summed E-state index contributed by atoms with van der Waals surface area (Å²) in [4.78, 5) is 4.45. The fourth-order valence-corrected chi connectivity index (χ4v) is 1.87. The molecular formula is C15H15ClN2O2. The number of fused-ring (bicyclic) bond motifs is 1. The van der Waals surface area contributed by atoms with E-state index in [2.05, 4.69) is 4.98 Å². The Balaban J connectivity index is 0.00000147. The van der Waals surface area contributed by atoms with Gasteiger partial charge in [-0.1, -0.05) is 12.1 Å². The van der Waals surface area contributed by atoms with Crippen LogP contribution in [0.25, 0.3) is 22.6 Å². The van der Waals surface area contributed by atoms with Gasteiger partial charge in [0.1, 0.15) is 17.9 Å². The number of ether oxygens (including phenoxy) is 1. The molecule has 3 aromatic rings. The summed E-state index contributed by atoms with van der Waals surface area (Å²) in [7, 11) is 0. The Hall–Kier alpha value is -2.04. The van der Waals surface area contributed by atoms with E-state index >= 15 is 0 Å². The molecule has 104 valence electrons. The van der Waals surface area contributed by atoms with Crippen molar-refractivity contribution in [2.75, 3.05) is 13.2 Å². The number of benzene rings is 2. The summed E-state index contributed by atoms with van der Waals surface area (Å²) in [5, 5.41) is 0. The maximum atomic E-state index is 5.70. The van der Waals surface area contributed by atoms with Gasteiger partial charge in [0.05, 0.1) is 0 Å². The van der Waals surface area contributed by atoms with Gasteiger partial charge in [0.25, 0.3) is 0 Å². The van der Waals surface area contributed by atoms with Crippen molar-refractivity contribution in [2.24, 2.45) is 5.73 Å². The Kier molecular flexibility index (Phi) is 4.61. The maximum absolute atomic E-state index is 5.70. The van der Waals surface area contributed by atoms with Gasteiger partial charge in [0, 0.05) is 12.1 Å². The summed E-state index contributed by atoms with van der Waals surface area (Å²) in [5.74, 6) is 1.41. The van der Waals surface area contributed by atoms with Crippen molar-refractivity contribution in [3.05, 3.63) is 48.5 Å². The molecule has 20 heavy (non-hydrogen) atoms. The summed E-state index contributed by atoms with van der Waals surface area (Å²) in [6, 6.07) is 15.3. The molecule has 0 bridgehead atoms. The predicted octanol–water partition coefficient (Wildman–Crippen LogP) is 3.25. The van der Waals surface area contributed by atoms with Gasteiger partial charge in [0.15, 0.2) is 5.58 Å². The van der Waals surface area contributed by atoms with Crippen molar-refractivity contribution >= 4 is 23.5 Å². The lowest BCUT2D eigenvalue weighted by Gasteiger charge is -2.04. The number of hydrogen-bond acceptors (Lipinski definition) is 4. The van der Waals surface area contributed by atoms with E-state index in [0.717, 1.165) is 22.4 Å². The molecule has 0 aliphatic carbocycles. The zero-order valence-corrected chi connectivity index (χ0v) is 11.6. The molecule has 0 amide bonds. The van der Waals surface area contributed by atoms with Gasteiger partial charge < -0.3 is 14.9 Å². The van der Waals surface area contributed by atoms with Crippen LogP contribution >= 0.6 is 12.4 Å². The Bertz CT molecular complexity index is 647. The Morgan fingerprint density at radius 1 is 1.05 bits per heavy atom. The van der Waals surface area contributed by atoms with Gasteiger partial charge >= 0.3 is 0 Å². The standard InChI is InChI=1S/C15H14N2O2.ClH/c16-9-10-18-12-7-5-11(6-8-12)15-17-13-3-1-2-4-14(13)19-15;/h1-8H,9-10,16H2;1H. The monoisotopic (exact) mass is 290 g/mol. The summed E-state index contributed by atoms with van der Waals surface area (Å²) < 4.78 is 11.1. The van der Waals surface area contributed by atoms with Crippen molar-refractivity contribution < 1.29 is 9.15 Å². The van der Waals surface area contributed by atoms with Crippen molar-refractivity contribution in [3.63, 3.8) is 0 Å². The molecule has 0 aliphatic heterocycles. The van der Waals surface area contributed by atoms with Crippen LogP contribution in [0.3, 0.4) is 0 Å². The lowest BCUT2D eigenvalue weighted by atomic mass is 10.2. The van der Waals surface area contributed by atoms with Crippen LogP contribution in [-0.4, -0.2) is 18.1 Å². The average molecular weight is 291 g/mol. The molecule has 0 unspecified atom stereocenters. The number of rotatable bonds is 4. The van der Waals surface area contributed by atoms with Crippen molar-refractivity contribution in [3.8, 4) is 17.2 Å². The third-order valence-electron chi connectivity index (χ3n) is 2.78. The van der Waals surface area contributed by atoms with Crippen LogP contribution in [0.4, 0.5) is 0 Å². The summed E-state index contributed by atoms with van der Waals surface area (Å²) >= 11 is 0. The van der Waals surface area contributed by atoms with Crippen LogP contribution < -0.4 is 10.5 Å². The third-order valence-corrected chi connectivity index (χ3v) is 2.78. The number of nitrogens with zero attached hydrogens (tertiary/aromatic N) is 1. The van der Waals surface area contributed by atoms with Crippen LogP contribution in [0.5, 0.6) is 5.75 Å². The summed E-state index contributed by atoms with van der Waals surface area (Å²) in [6.45, 7) is 1.02. The SMILES string of the molecule is Cl.NCCOc1ccc(-c2nc3ccccc3o2)cc1. The largest absolute Gasteiger partial charge is 0.492 e. The zero-order valence-electron chi connectivity index (χ0n) is 10.8. The minimum absolute atomic E-state index is 0. The second-order valence-corrected chi connectivity index (χ2v) is 4.15. The average Bonchev–Trinajstić information content (AvgIpc) is 2.89. The highest BCUT2D eigenvalue weighted by molar-refractivity contribution is 5.85. The molecular weight excluding hydrogens is 276 g/mol. The minimum atomic E-state index is 0. The highest BCUT2D eigenvalue weighted by Crippen LogP contribution is 2.25. The number of halogens is 1. The number of oxazole rings is 1. The fraction of sp³-hybridized carbons (Fsp3) is 0.133. The second kappa shape index (κ2) is 6.41. The molecule has 5 heteroatoms. The fourth-order valence-electron chi connectivity index (χ4n) is 1.87. The van der Waals surface area contributed by atoms with E-state index in [1.165, 1.54) is 0 Å². The molecule has 1 heterocycles. The Labute approximate surface area is 123 Å². The normalized spacial score (nSPS) is 10.2. The lowest BCUT2D eigenvalue weighted by molar-refractivity contribution is 0.328.